The highest BCUT2D eigenvalue weighted by Gasteiger charge is 2.06. The monoisotopic (exact) mass is 275 g/mol. The maximum absolute atomic E-state index is 13.3. The van der Waals surface area contributed by atoms with Gasteiger partial charge in [0.25, 0.3) is 0 Å². The first kappa shape index (κ1) is 14.5. The zero-order valence-electron chi connectivity index (χ0n) is 11.4. The van der Waals surface area contributed by atoms with E-state index in [2.05, 4.69) is 5.32 Å². The Bertz CT molecular complexity index is 555. The summed E-state index contributed by atoms with van der Waals surface area (Å²) in [4.78, 5) is 0. The van der Waals surface area contributed by atoms with E-state index < -0.39 is 0 Å². The van der Waals surface area contributed by atoms with Gasteiger partial charge in [-0.15, -0.1) is 0 Å². The Kier molecular flexibility index (Phi) is 5.09. The average molecular weight is 275 g/mol. The van der Waals surface area contributed by atoms with Crippen molar-refractivity contribution in [1.82, 2.24) is 5.32 Å². The summed E-state index contributed by atoms with van der Waals surface area (Å²) < 4.78 is 19.1. The summed E-state index contributed by atoms with van der Waals surface area (Å²) >= 11 is 0. The van der Waals surface area contributed by atoms with Crippen LogP contribution in [0, 0.1) is 5.82 Å². The van der Waals surface area contributed by atoms with Gasteiger partial charge in [-0.1, -0.05) is 19.1 Å². The van der Waals surface area contributed by atoms with E-state index in [0.717, 1.165) is 17.7 Å². The van der Waals surface area contributed by atoms with Crippen LogP contribution in [0.15, 0.2) is 42.5 Å². The number of aliphatic hydroxyl groups is 1. The highest BCUT2D eigenvalue weighted by atomic mass is 19.1. The van der Waals surface area contributed by atoms with Crippen molar-refractivity contribution in [1.29, 1.82) is 0 Å². The molecule has 0 bridgehead atoms. The van der Waals surface area contributed by atoms with Gasteiger partial charge in [-0.05, 0) is 42.4 Å². The molecule has 0 fully saturated rings. The van der Waals surface area contributed by atoms with Crippen LogP contribution in [0.25, 0.3) is 0 Å². The normalized spacial score (nSPS) is 10.6. The minimum atomic E-state index is -0.277. The van der Waals surface area contributed by atoms with Gasteiger partial charge in [0.1, 0.15) is 17.3 Å². The molecule has 0 saturated carbocycles. The van der Waals surface area contributed by atoms with Gasteiger partial charge in [0, 0.05) is 12.1 Å². The predicted octanol–water partition coefficient (Wildman–Crippen LogP) is 3.22. The zero-order valence-corrected chi connectivity index (χ0v) is 11.4. The van der Waals surface area contributed by atoms with E-state index in [1.165, 1.54) is 12.1 Å². The molecule has 2 aromatic rings. The minimum Gasteiger partial charge on any atom is -0.457 e. The molecule has 2 rings (SSSR count). The maximum atomic E-state index is 13.3. The molecule has 0 aromatic heterocycles. The Labute approximate surface area is 118 Å². The number of hydrogen-bond donors (Lipinski definition) is 2. The quantitative estimate of drug-likeness (QED) is 0.850. The third kappa shape index (κ3) is 3.79. The zero-order chi connectivity index (χ0) is 14.4. The Hall–Kier alpha value is -1.91. The second kappa shape index (κ2) is 7.03. The summed E-state index contributed by atoms with van der Waals surface area (Å²) in [5.74, 6) is 1.01. The smallest absolute Gasteiger partial charge is 0.132 e. The third-order valence-corrected chi connectivity index (χ3v) is 2.92. The van der Waals surface area contributed by atoms with Crippen molar-refractivity contribution in [2.75, 3.05) is 6.54 Å². The Morgan fingerprint density at radius 3 is 2.55 bits per heavy atom. The first-order chi connectivity index (χ1) is 9.72. The molecular weight excluding hydrogens is 257 g/mol. The number of rotatable bonds is 6. The number of nitrogens with one attached hydrogen (secondary N) is 1. The van der Waals surface area contributed by atoms with Gasteiger partial charge in [0.05, 0.1) is 6.61 Å². The fourth-order valence-electron chi connectivity index (χ4n) is 1.84. The van der Waals surface area contributed by atoms with E-state index >= 15 is 0 Å². The highest BCUT2D eigenvalue weighted by Crippen LogP contribution is 2.26. The lowest BCUT2D eigenvalue weighted by Crippen LogP contribution is -2.12. The van der Waals surface area contributed by atoms with Crippen molar-refractivity contribution in [2.45, 2.75) is 20.1 Å². The van der Waals surface area contributed by atoms with Gasteiger partial charge >= 0.3 is 0 Å². The Balaban J connectivity index is 2.18. The summed E-state index contributed by atoms with van der Waals surface area (Å²) in [7, 11) is 0. The molecule has 0 atom stereocenters. The summed E-state index contributed by atoms with van der Waals surface area (Å²) in [6.07, 6.45) is 0. The van der Waals surface area contributed by atoms with Crippen LogP contribution in [0.1, 0.15) is 18.1 Å². The van der Waals surface area contributed by atoms with Crippen LogP contribution in [0.3, 0.4) is 0 Å². The molecule has 0 radical (unpaired) electrons. The second-order valence-electron chi connectivity index (χ2n) is 4.44. The molecule has 2 N–H and O–H groups in total. The Morgan fingerprint density at radius 1 is 1.15 bits per heavy atom. The van der Waals surface area contributed by atoms with E-state index in [9.17, 15) is 4.39 Å². The summed E-state index contributed by atoms with van der Waals surface area (Å²) in [6, 6.07) is 11.6. The molecule has 106 valence electrons. The van der Waals surface area contributed by atoms with Crippen LogP contribution in [-0.4, -0.2) is 11.7 Å². The molecule has 20 heavy (non-hydrogen) atoms. The van der Waals surface area contributed by atoms with E-state index in [1.807, 2.05) is 6.92 Å². The van der Waals surface area contributed by atoms with Crippen LogP contribution >= 0.6 is 0 Å². The van der Waals surface area contributed by atoms with Crippen LogP contribution in [0.2, 0.25) is 0 Å². The van der Waals surface area contributed by atoms with E-state index in [0.29, 0.717) is 18.0 Å². The molecule has 0 aliphatic carbocycles. The lowest BCUT2D eigenvalue weighted by Gasteiger charge is -2.12. The van der Waals surface area contributed by atoms with Crippen molar-refractivity contribution >= 4 is 0 Å². The van der Waals surface area contributed by atoms with Crippen molar-refractivity contribution in [2.24, 2.45) is 0 Å². The third-order valence-electron chi connectivity index (χ3n) is 2.92. The lowest BCUT2D eigenvalue weighted by molar-refractivity contribution is 0.281. The molecule has 3 nitrogen and oxygen atoms in total. The fourth-order valence-corrected chi connectivity index (χ4v) is 1.84. The molecule has 0 saturated heterocycles. The first-order valence-corrected chi connectivity index (χ1v) is 6.59. The standard InChI is InChI=1S/C16H18FNO2/c1-2-18-10-13-9-14(17)5-8-16(13)20-15-6-3-12(11-19)4-7-15/h3-9,18-19H,2,10-11H2,1H3. The highest BCUT2D eigenvalue weighted by molar-refractivity contribution is 5.38. The molecule has 0 unspecified atom stereocenters. The molecule has 0 amide bonds. The van der Waals surface area contributed by atoms with Gasteiger partial charge in [0.2, 0.25) is 0 Å². The topological polar surface area (TPSA) is 41.5 Å². The first-order valence-electron chi connectivity index (χ1n) is 6.59. The van der Waals surface area contributed by atoms with Crippen LogP contribution in [0.4, 0.5) is 4.39 Å². The van der Waals surface area contributed by atoms with Gasteiger partial charge < -0.3 is 15.2 Å². The molecule has 0 spiro atoms. The number of aliphatic hydroxyl groups excluding tert-OH is 1. The number of benzene rings is 2. The molecule has 0 heterocycles. The van der Waals surface area contributed by atoms with Crippen LogP contribution < -0.4 is 10.1 Å². The predicted molar refractivity (Wildman–Crippen MR) is 76.2 cm³/mol. The molecular formula is C16H18FNO2. The van der Waals surface area contributed by atoms with Crippen molar-refractivity contribution in [3.63, 3.8) is 0 Å². The fraction of sp³-hybridized carbons (Fsp3) is 0.250. The molecule has 4 heteroatoms. The van der Waals surface area contributed by atoms with Crippen molar-refractivity contribution < 1.29 is 14.2 Å². The number of ether oxygens (including phenoxy) is 1. The van der Waals surface area contributed by atoms with Gasteiger partial charge in [0.15, 0.2) is 0 Å². The summed E-state index contributed by atoms with van der Waals surface area (Å²) in [5.41, 5.74) is 1.60. The van der Waals surface area contributed by atoms with Gasteiger partial charge in [-0.25, -0.2) is 4.39 Å². The Morgan fingerprint density at radius 2 is 1.90 bits per heavy atom. The number of hydrogen-bond acceptors (Lipinski definition) is 3. The molecule has 0 aliphatic heterocycles. The average Bonchev–Trinajstić information content (AvgIpc) is 2.48. The van der Waals surface area contributed by atoms with Crippen molar-refractivity contribution in [3.8, 4) is 11.5 Å². The molecule has 0 aliphatic rings. The number of halogens is 1. The minimum absolute atomic E-state index is 0.00248. The van der Waals surface area contributed by atoms with E-state index in [-0.39, 0.29) is 12.4 Å². The van der Waals surface area contributed by atoms with Crippen LogP contribution in [-0.2, 0) is 13.2 Å². The maximum Gasteiger partial charge on any atom is 0.132 e. The second-order valence-corrected chi connectivity index (χ2v) is 4.44. The summed E-state index contributed by atoms with van der Waals surface area (Å²) in [6.45, 7) is 3.36. The lowest BCUT2D eigenvalue weighted by atomic mass is 10.2. The van der Waals surface area contributed by atoms with Crippen LogP contribution in [0.5, 0.6) is 11.5 Å². The summed E-state index contributed by atoms with van der Waals surface area (Å²) in [5, 5.41) is 12.2. The van der Waals surface area contributed by atoms with Gasteiger partial charge in [-0.3, -0.25) is 0 Å². The molecule has 2 aromatic carbocycles. The van der Waals surface area contributed by atoms with E-state index in [4.69, 9.17) is 9.84 Å². The van der Waals surface area contributed by atoms with E-state index in [1.54, 1.807) is 30.3 Å². The SMILES string of the molecule is CCNCc1cc(F)ccc1Oc1ccc(CO)cc1. The largest absolute Gasteiger partial charge is 0.457 e. The van der Waals surface area contributed by atoms with Gasteiger partial charge in [-0.2, -0.15) is 0 Å². The van der Waals surface area contributed by atoms with Crippen molar-refractivity contribution in [3.05, 3.63) is 59.4 Å².